The topological polar surface area (TPSA) is 17.1 Å². The van der Waals surface area contributed by atoms with Gasteiger partial charge in [-0.15, -0.1) is 11.3 Å². The Morgan fingerprint density at radius 1 is 1.27 bits per heavy atom. The third-order valence-corrected chi connectivity index (χ3v) is 3.98. The van der Waals surface area contributed by atoms with E-state index in [0.29, 0.717) is 4.88 Å². The van der Waals surface area contributed by atoms with Gasteiger partial charge in [-0.3, -0.25) is 4.79 Å². The highest BCUT2D eigenvalue weighted by atomic mass is 79.9. The number of aldehydes is 1. The van der Waals surface area contributed by atoms with Gasteiger partial charge in [-0.2, -0.15) is 0 Å². The molecule has 0 spiro atoms. The fraction of sp³-hybridized carbons (Fsp3) is 0. The van der Waals surface area contributed by atoms with Crippen molar-refractivity contribution in [3.63, 3.8) is 0 Å². The molecule has 2 rings (SSSR count). The lowest BCUT2D eigenvalue weighted by Crippen LogP contribution is -1.73. The summed E-state index contributed by atoms with van der Waals surface area (Å²) in [5.74, 6) is -0.259. The normalized spacial score (nSPS) is 10.3. The lowest BCUT2D eigenvalue weighted by molar-refractivity contribution is 0.112. The Morgan fingerprint density at radius 3 is 2.47 bits per heavy atom. The van der Waals surface area contributed by atoms with Gasteiger partial charge in [0.25, 0.3) is 0 Å². The highest BCUT2D eigenvalue weighted by Gasteiger charge is 2.07. The van der Waals surface area contributed by atoms with Gasteiger partial charge in [0.2, 0.25) is 0 Å². The van der Waals surface area contributed by atoms with Crippen LogP contribution in [0.3, 0.4) is 0 Å². The highest BCUT2D eigenvalue weighted by Crippen LogP contribution is 2.33. The zero-order valence-corrected chi connectivity index (χ0v) is 9.94. The van der Waals surface area contributed by atoms with E-state index in [9.17, 15) is 9.18 Å². The number of hydrogen-bond acceptors (Lipinski definition) is 2. The SMILES string of the molecule is O=Cc1sc(-c2ccc(F)cc2)cc1Br. The minimum Gasteiger partial charge on any atom is -0.297 e. The van der Waals surface area contributed by atoms with E-state index in [1.807, 2.05) is 6.07 Å². The molecule has 0 saturated carbocycles. The maximum atomic E-state index is 12.7. The van der Waals surface area contributed by atoms with Gasteiger partial charge in [0, 0.05) is 9.35 Å². The van der Waals surface area contributed by atoms with Gasteiger partial charge >= 0.3 is 0 Å². The zero-order valence-electron chi connectivity index (χ0n) is 7.54. The summed E-state index contributed by atoms with van der Waals surface area (Å²) in [7, 11) is 0. The molecule has 0 amide bonds. The Balaban J connectivity index is 2.45. The summed E-state index contributed by atoms with van der Waals surface area (Å²) in [5.41, 5.74) is 0.912. The molecule has 0 aliphatic carbocycles. The number of halogens is 2. The molecule has 1 aromatic heterocycles. The molecule has 0 N–H and O–H groups in total. The molecule has 15 heavy (non-hydrogen) atoms. The molecule has 1 aromatic carbocycles. The standard InChI is InChI=1S/C11H6BrFOS/c12-9-5-10(15-11(9)6-14)7-1-3-8(13)4-2-7/h1-6H. The molecular weight excluding hydrogens is 279 g/mol. The Labute approximate surface area is 98.7 Å². The van der Waals surface area contributed by atoms with Crippen molar-refractivity contribution in [1.82, 2.24) is 0 Å². The number of rotatable bonds is 2. The van der Waals surface area contributed by atoms with Crippen molar-refractivity contribution in [2.24, 2.45) is 0 Å². The van der Waals surface area contributed by atoms with Crippen molar-refractivity contribution in [3.05, 3.63) is 45.5 Å². The van der Waals surface area contributed by atoms with E-state index in [1.165, 1.54) is 23.5 Å². The molecule has 1 nitrogen and oxygen atoms in total. The van der Waals surface area contributed by atoms with Crippen molar-refractivity contribution in [2.75, 3.05) is 0 Å². The first-order chi connectivity index (χ1) is 7.20. The molecule has 4 heteroatoms. The maximum absolute atomic E-state index is 12.7. The van der Waals surface area contributed by atoms with Gasteiger partial charge in [-0.05, 0) is 39.7 Å². The zero-order chi connectivity index (χ0) is 10.8. The monoisotopic (exact) mass is 284 g/mol. The van der Waals surface area contributed by atoms with Gasteiger partial charge in [0.05, 0.1) is 4.88 Å². The molecule has 2 aromatic rings. The Morgan fingerprint density at radius 2 is 1.93 bits per heavy atom. The van der Waals surface area contributed by atoms with Gasteiger partial charge in [-0.25, -0.2) is 4.39 Å². The van der Waals surface area contributed by atoms with Gasteiger partial charge < -0.3 is 0 Å². The lowest BCUT2D eigenvalue weighted by Gasteiger charge is -1.95. The third kappa shape index (κ3) is 2.16. The maximum Gasteiger partial charge on any atom is 0.161 e. The van der Waals surface area contributed by atoms with E-state index in [4.69, 9.17) is 0 Å². The second-order valence-corrected chi connectivity index (χ2v) is 4.89. The van der Waals surface area contributed by atoms with Crippen LogP contribution in [0.2, 0.25) is 0 Å². The average Bonchev–Trinajstić information content (AvgIpc) is 2.61. The fourth-order valence-electron chi connectivity index (χ4n) is 1.22. The molecule has 0 aliphatic rings. The predicted molar refractivity (Wildman–Crippen MR) is 62.8 cm³/mol. The minimum absolute atomic E-state index is 0.259. The first-order valence-electron chi connectivity index (χ1n) is 4.21. The lowest BCUT2D eigenvalue weighted by atomic mass is 10.2. The van der Waals surface area contributed by atoms with Gasteiger partial charge in [-0.1, -0.05) is 12.1 Å². The summed E-state index contributed by atoms with van der Waals surface area (Å²) >= 11 is 4.68. The summed E-state index contributed by atoms with van der Waals surface area (Å²) in [5, 5.41) is 0. The third-order valence-electron chi connectivity index (χ3n) is 1.95. The Bertz CT molecular complexity index is 490. The minimum atomic E-state index is -0.259. The van der Waals surface area contributed by atoms with E-state index in [-0.39, 0.29) is 5.82 Å². The Kier molecular flexibility index (Phi) is 2.98. The van der Waals surface area contributed by atoms with E-state index in [1.54, 1.807) is 12.1 Å². The van der Waals surface area contributed by atoms with Crippen LogP contribution in [-0.2, 0) is 0 Å². The molecule has 0 fully saturated rings. The molecule has 0 saturated heterocycles. The number of benzene rings is 1. The van der Waals surface area contributed by atoms with E-state index in [0.717, 1.165) is 21.2 Å². The van der Waals surface area contributed by atoms with Crippen LogP contribution in [-0.4, -0.2) is 6.29 Å². The van der Waals surface area contributed by atoms with Crippen LogP contribution >= 0.6 is 27.3 Å². The largest absolute Gasteiger partial charge is 0.297 e. The van der Waals surface area contributed by atoms with Crippen LogP contribution in [0.25, 0.3) is 10.4 Å². The van der Waals surface area contributed by atoms with Crippen molar-refractivity contribution in [1.29, 1.82) is 0 Å². The second kappa shape index (κ2) is 4.24. The predicted octanol–water partition coefficient (Wildman–Crippen LogP) is 4.13. The summed E-state index contributed by atoms with van der Waals surface area (Å²) in [6.07, 6.45) is 0.807. The number of thiophene rings is 1. The van der Waals surface area contributed by atoms with Gasteiger partial charge in [0.1, 0.15) is 5.82 Å². The van der Waals surface area contributed by atoms with Crippen LogP contribution < -0.4 is 0 Å². The quantitative estimate of drug-likeness (QED) is 0.758. The number of hydrogen-bond donors (Lipinski definition) is 0. The summed E-state index contributed by atoms with van der Waals surface area (Å²) in [6.45, 7) is 0. The van der Waals surface area contributed by atoms with Gasteiger partial charge in [0.15, 0.2) is 6.29 Å². The molecule has 0 unspecified atom stereocenters. The van der Waals surface area contributed by atoms with Crippen molar-refractivity contribution in [3.8, 4) is 10.4 Å². The number of carbonyl (C=O) groups is 1. The van der Waals surface area contributed by atoms with Crippen molar-refractivity contribution < 1.29 is 9.18 Å². The molecular formula is C11H6BrFOS. The smallest absolute Gasteiger partial charge is 0.161 e. The summed E-state index contributed by atoms with van der Waals surface area (Å²) in [6, 6.07) is 8.07. The van der Waals surface area contributed by atoms with Crippen molar-refractivity contribution >= 4 is 33.6 Å². The Hall–Kier alpha value is -1.000. The second-order valence-electron chi connectivity index (χ2n) is 2.95. The summed E-state index contributed by atoms with van der Waals surface area (Å²) in [4.78, 5) is 12.2. The molecule has 76 valence electrons. The van der Waals surface area contributed by atoms with Crippen LogP contribution in [0, 0.1) is 5.82 Å². The van der Waals surface area contributed by atoms with Crippen LogP contribution in [0.5, 0.6) is 0 Å². The fourth-order valence-corrected chi connectivity index (χ4v) is 2.81. The van der Waals surface area contributed by atoms with E-state index in [2.05, 4.69) is 15.9 Å². The summed E-state index contributed by atoms with van der Waals surface area (Å²) < 4.78 is 13.5. The van der Waals surface area contributed by atoms with E-state index < -0.39 is 0 Å². The first-order valence-corrected chi connectivity index (χ1v) is 5.82. The van der Waals surface area contributed by atoms with E-state index >= 15 is 0 Å². The molecule has 0 aliphatic heterocycles. The van der Waals surface area contributed by atoms with Crippen molar-refractivity contribution in [2.45, 2.75) is 0 Å². The molecule has 0 atom stereocenters. The first kappa shape index (κ1) is 10.5. The highest BCUT2D eigenvalue weighted by molar-refractivity contribution is 9.10. The van der Waals surface area contributed by atoms with Crippen LogP contribution in [0.4, 0.5) is 4.39 Å². The van der Waals surface area contributed by atoms with Crippen LogP contribution in [0.15, 0.2) is 34.8 Å². The number of carbonyl (C=O) groups excluding carboxylic acids is 1. The molecule has 1 heterocycles. The molecule has 0 radical (unpaired) electrons. The average molecular weight is 285 g/mol. The van der Waals surface area contributed by atoms with Crippen LogP contribution in [0.1, 0.15) is 9.67 Å². The molecule has 0 bridgehead atoms.